The summed E-state index contributed by atoms with van der Waals surface area (Å²) in [6, 6.07) is 10.0. The molecule has 1 aliphatic rings. The summed E-state index contributed by atoms with van der Waals surface area (Å²) in [4.78, 5) is 10.3. The minimum atomic E-state index is -0.0464. The van der Waals surface area contributed by atoms with E-state index in [0.29, 0.717) is 0 Å². The number of aliphatic imine (C=N–C) groups is 2. The zero-order chi connectivity index (χ0) is 10.5. The van der Waals surface area contributed by atoms with Crippen molar-refractivity contribution in [3.63, 3.8) is 0 Å². The van der Waals surface area contributed by atoms with E-state index in [-0.39, 0.29) is 6.29 Å². The molecule has 0 saturated carbocycles. The van der Waals surface area contributed by atoms with Gasteiger partial charge in [-0.05, 0) is 19.1 Å². The fourth-order valence-corrected chi connectivity index (χ4v) is 1.42. The lowest BCUT2D eigenvalue weighted by molar-refractivity contribution is 0.371. The van der Waals surface area contributed by atoms with E-state index in [2.05, 4.69) is 22.2 Å². The molecule has 2 rings (SSSR count). The van der Waals surface area contributed by atoms with Gasteiger partial charge in [0.05, 0.1) is 6.34 Å². The van der Waals surface area contributed by atoms with E-state index in [4.69, 9.17) is 0 Å². The van der Waals surface area contributed by atoms with Crippen molar-refractivity contribution in [1.29, 1.82) is 0 Å². The third kappa shape index (κ3) is 2.34. The largest absolute Gasteiger partial charge is 0.347 e. The lowest BCUT2D eigenvalue weighted by Gasteiger charge is -2.28. The van der Waals surface area contributed by atoms with E-state index in [9.17, 15) is 0 Å². The molecule has 4 nitrogen and oxygen atoms in total. The highest BCUT2D eigenvalue weighted by Gasteiger charge is 2.13. The fraction of sp³-hybridized carbons (Fsp3) is 0.273. The summed E-state index contributed by atoms with van der Waals surface area (Å²) in [6.07, 6.45) is 3.33. The lowest BCUT2D eigenvalue weighted by Crippen LogP contribution is -2.40. The molecule has 0 saturated heterocycles. The second-order valence-electron chi connectivity index (χ2n) is 3.24. The maximum Gasteiger partial charge on any atom is 0.199 e. The van der Waals surface area contributed by atoms with Crippen LogP contribution < -0.4 is 5.32 Å². The van der Waals surface area contributed by atoms with Crippen molar-refractivity contribution >= 4 is 18.4 Å². The van der Waals surface area contributed by atoms with Crippen LogP contribution in [0.2, 0.25) is 0 Å². The Balaban J connectivity index is 2.05. The predicted molar refractivity (Wildman–Crippen MR) is 63.2 cm³/mol. The van der Waals surface area contributed by atoms with Gasteiger partial charge in [0.1, 0.15) is 6.34 Å². The second kappa shape index (κ2) is 4.59. The van der Waals surface area contributed by atoms with E-state index in [1.165, 1.54) is 0 Å². The molecule has 0 fully saturated rings. The number of nitrogens with one attached hydrogen (secondary N) is 1. The van der Waals surface area contributed by atoms with E-state index >= 15 is 0 Å². The van der Waals surface area contributed by atoms with Crippen LogP contribution in [-0.2, 0) is 0 Å². The molecule has 0 aromatic heterocycles. The van der Waals surface area contributed by atoms with E-state index < -0.39 is 0 Å². The van der Waals surface area contributed by atoms with Crippen molar-refractivity contribution in [3.8, 4) is 0 Å². The first-order valence-corrected chi connectivity index (χ1v) is 5.02. The Kier molecular flexibility index (Phi) is 2.97. The Morgan fingerprint density at radius 1 is 1.33 bits per heavy atom. The molecule has 1 unspecified atom stereocenters. The van der Waals surface area contributed by atoms with Gasteiger partial charge in [0.2, 0.25) is 0 Å². The molecule has 1 heterocycles. The van der Waals surface area contributed by atoms with Crippen LogP contribution in [0, 0.1) is 0 Å². The van der Waals surface area contributed by atoms with Gasteiger partial charge < -0.3 is 10.2 Å². The molecule has 0 spiro atoms. The molecular weight excluding hydrogens is 188 g/mol. The van der Waals surface area contributed by atoms with Crippen molar-refractivity contribution < 1.29 is 0 Å². The molecule has 0 amide bonds. The van der Waals surface area contributed by atoms with Crippen LogP contribution in [0.15, 0.2) is 40.3 Å². The smallest absolute Gasteiger partial charge is 0.199 e. The molecule has 15 heavy (non-hydrogen) atoms. The van der Waals surface area contributed by atoms with Gasteiger partial charge in [0.25, 0.3) is 0 Å². The zero-order valence-corrected chi connectivity index (χ0v) is 8.67. The van der Waals surface area contributed by atoms with E-state index in [1.807, 2.05) is 35.2 Å². The van der Waals surface area contributed by atoms with Crippen LogP contribution in [0.4, 0.5) is 5.69 Å². The quantitative estimate of drug-likeness (QED) is 0.811. The Labute approximate surface area is 89.4 Å². The van der Waals surface area contributed by atoms with Gasteiger partial charge in [-0.3, -0.25) is 0 Å². The first-order chi connectivity index (χ1) is 7.40. The summed E-state index contributed by atoms with van der Waals surface area (Å²) in [5.41, 5.74) is 1.06. The first-order valence-electron chi connectivity index (χ1n) is 5.02. The van der Waals surface area contributed by atoms with Crippen molar-refractivity contribution in [3.05, 3.63) is 30.3 Å². The molecular formula is C11H14N4. The average molecular weight is 202 g/mol. The zero-order valence-electron chi connectivity index (χ0n) is 8.67. The van der Waals surface area contributed by atoms with Crippen molar-refractivity contribution in [2.45, 2.75) is 13.2 Å². The highest BCUT2D eigenvalue weighted by molar-refractivity contribution is 5.74. The third-order valence-corrected chi connectivity index (χ3v) is 2.24. The molecule has 0 aliphatic carbocycles. The lowest BCUT2D eigenvalue weighted by atomic mass is 10.3. The monoisotopic (exact) mass is 202 g/mol. The van der Waals surface area contributed by atoms with Gasteiger partial charge in [-0.25, -0.2) is 9.98 Å². The number of hydrogen-bond acceptors (Lipinski definition) is 4. The Morgan fingerprint density at radius 3 is 2.87 bits per heavy atom. The molecule has 1 atom stereocenters. The van der Waals surface area contributed by atoms with Gasteiger partial charge >= 0.3 is 0 Å². The molecule has 78 valence electrons. The maximum atomic E-state index is 4.27. The number of anilines is 1. The SMILES string of the molecule is CCN1C=NC=NC1Nc1ccccc1. The van der Waals surface area contributed by atoms with Crippen LogP contribution in [0.5, 0.6) is 0 Å². The molecule has 0 bridgehead atoms. The molecule has 1 N–H and O–H groups in total. The van der Waals surface area contributed by atoms with Crippen molar-refractivity contribution in [2.24, 2.45) is 9.98 Å². The second-order valence-corrected chi connectivity index (χ2v) is 3.24. The van der Waals surface area contributed by atoms with Gasteiger partial charge in [-0.2, -0.15) is 0 Å². The van der Waals surface area contributed by atoms with Gasteiger partial charge in [-0.15, -0.1) is 0 Å². The van der Waals surface area contributed by atoms with Crippen LogP contribution in [0.25, 0.3) is 0 Å². The normalized spacial score (nSPS) is 19.3. The standard InChI is InChI=1S/C11H14N4/c1-2-15-9-12-8-13-11(15)14-10-6-4-3-5-7-10/h3-9,11,14H,2H2,1H3. The van der Waals surface area contributed by atoms with Crippen LogP contribution >= 0.6 is 0 Å². The summed E-state index contributed by atoms with van der Waals surface area (Å²) in [5.74, 6) is 0. The molecule has 4 heteroatoms. The predicted octanol–water partition coefficient (Wildman–Crippen LogP) is 1.77. The Bertz CT molecular complexity index is 358. The summed E-state index contributed by atoms with van der Waals surface area (Å²) in [5, 5.41) is 3.32. The maximum absolute atomic E-state index is 4.27. The topological polar surface area (TPSA) is 40.0 Å². The first kappa shape index (κ1) is 9.71. The van der Waals surface area contributed by atoms with Gasteiger partial charge in [0, 0.05) is 12.2 Å². The average Bonchev–Trinajstić information content (AvgIpc) is 2.31. The molecule has 0 radical (unpaired) electrons. The van der Waals surface area contributed by atoms with Crippen LogP contribution in [0.3, 0.4) is 0 Å². The van der Waals surface area contributed by atoms with E-state index in [0.717, 1.165) is 12.2 Å². The summed E-state index contributed by atoms with van der Waals surface area (Å²) in [6.45, 7) is 2.96. The number of para-hydroxylation sites is 1. The van der Waals surface area contributed by atoms with Crippen LogP contribution in [0.1, 0.15) is 6.92 Å². The number of benzene rings is 1. The Morgan fingerprint density at radius 2 is 2.13 bits per heavy atom. The van der Waals surface area contributed by atoms with Gasteiger partial charge in [0.15, 0.2) is 6.29 Å². The van der Waals surface area contributed by atoms with Gasteiger partial charge in [-0.1, -0.05) is 18.2 Å². The highest BCUT2D eigenvalue weighted by Crippen LogP contribution is 2.10. The molecule has 1 aliphatic heterocycles. The Hall–Kier alpha value is -1.84. The summed E-state index contributed by atoms with van der Waals surface area (Å²) in [7, 11) is 0. The number of nitrogens with zero attached hydrogens (tertiary/aromatic N) is 3. The highest BCUT2D eigenvalue weighted by atomic mass is 15.4. The number of rotatable bonds is 3. The minimum absolute atomic E-state index is 0.0464. The summed E-state index contributed by atoms with van der Waals surface area (Å²) < 4.78 is 0. The van der Waals surface area contributed by atoms with Crippen LogP contribution in [-0.4, -0.2) is 30.4 Å². The van der Waals surface area contributed by atoms with Crippen molar-refractivity contribution in [2.75, 3.05) is 11.9 Å². The van der Waals surface area contributed by atoms with Crippen molar-refractivity contribution in [1.82, 2.24) is 4.90 Å². The van der Waals surface area contributed by atoms with E-state index in [1.54, 1.807) is 12.7 Å². The summed E-state index contributed by atoms with van der Waals surface area (Å²) >= 11 is 0. The molecule has 1 aromatic rings. The fourth-order valence-electron chi connectivity index (χ4n) is 1.42. The number of hydrogen-bond donors (Lipinski definition) is 1. The third-order valence-electron chi connectivity index (χ3n) is 2.24. The molecule has 1 aromatic carbocycles. The minimum Gasteiger partial charge on any atom is -0.347 e.